The van der Waals surface area contributed by atoms with E-state index in [9.17, 15) is 9.59 Å². The first kappa shape index (κ1) is 32.2. The first-order valence-corrected chi connectivity index (χ1v) is 17.6. The van der Waals surface area contributed by atoms with Gasteiger partial charge >= 0.3 is 0 Å². The van der Waals surface area contributed by atoms with Crippen molar-refractivity contribution in [1.29, 1.82) is 0 Å². The summed E-state index contributed by atoms with van der Waals surface area (Å²) in [6, 6.07) is 4.21. The Bertz CT molecular complexity index is 1390. The maximum atomic E-state index is 15.5. The number of H-pyrrole nitrogens is 1. The van der Waals surface area contributed by atoms with Crippen molar-refractivity contribution in [3.63, 3.8) is 0 Å². The summed E-state index contributed by atoms with van der Waals surface area (Å²) >= 11 is 1.69. The molecule has 0 saturated heterocycles. The smallest absolute Gasteiger partial charge is 0.270 e. The summed E-state index contributed by atoms with van der Waals surface area (Å²) in [5, 5.41) is 17.7. The molecule has 238 valence electrons. The van der Waals surface area contributed by atoms with Crippen molar-refractivity contribution in [2.45, 2.75) is 97.1 Å². The minimum absolute atomic E-state index is 0.00747. The van der Waals surface area contributed by atoms with Crippen molar-refractivity contribution in [3.05, 3.63) is 47.4 Å². The minimum atomic E-state index is -0.773. The van der Waals surface area contributed by atoms with E-state index in [1.165, 1.54) is 12.8 Å². The number of pyridine rings is 1. The lowest BCUT2D eigenvalue weighted by molar-refractivity contribution is -0.121. The summed E-state index contributed by atoms with van der Waals surface area (Å²) in [5.41, 5.74) is 3.02. The molecule has 2 aliphatic carbocycles. The number of thioether (sulfide) groups is 1. The Morgan fingerprint density at radius 2 is 1.75 bits per heavy atom. The number of anilines is 1. The maximum Gasteiger partial charge on any atom is 0.270 e. The number of carbonyl (C=O) groups is 2. The van der Waals surface area contributed by atoms with Crippen LogP contribution in [0.15, 0.2) is 24.4 Å². The number of aromatic amines is 1. The average molecular weight is 624 g/mol. The van der Waals surface area contributed by atoms with Crippen LogP contribution >= 0.6 is 11.8 Å². The lowest BCUT2D eigenvalue weighted by Gasteiger charge is -2.41. The molecule has 3 aromatic rings. The molecule has 5 rings (SSSR count). The van der Waals surface area contributed by atoms with Crippen molar-refractivity contribution in [2.24, 2.45) is 17.8 Å². The van der Waals surface area contributed by atoms with E-state index < -0.39 is 12.0 Å². The predicted molar refractivity (Wildman–Crippen MR) is 173 cm³/mol. The summed E-state index contributed by atoms with van der Waals surface area (Å²) in [7, 11) is 0. The van der Waals surface area contributed by atoms with Crippen molar-refractivity contribution in [1.82, 2.24) is 30.3 Å². The fourth-order valence-corrected chi connectivity index (χ4v) is 7.74. The first-order chi connectivity index (χ1) is 21.4. The molecule has 11 heteroatoms. The molecule has 3 aromatic heterocycles. The Labute approximate surface area is 263 Å². The lowest BCUT2D eigenvalue weighted by Crippen LogP contribution is -2.53. The lowest BCUT2D eigenvalue weighted by atomic mass is 9.66. The molecular weight excluding hydrogens is 577 g/mol. The van der Waals surface area contributed by atoms with Crippen LogP contribution in [0.3, 0.4) is 0 Å². The van der Waals surface area contributed by atoms with Gasteiger partial charge in [-0.2, -0.15) is 26.3 Å². The third-order valence-electron chi connectivity index (χ3n) is 9.53. The highest BCUT2D eigenvalue weighted by Crippen LogP contribution is 2.42. The van der Waals surface area contributed by atoms with Gasteiger partial charge < -0.3 is 10.6 Å². The first-order valence-electron chi connectivity index (χ1n) is 16.2. The number of aromatic nitrogens is 5. The quantitative estimate of drug-likeness (QED) is 0.197. The van der Waals surface area contributed by atoms with Gasteiger partial charge in [-0.25, -0.2) is 4.98 Å². The normalized spacial score (nSPS) is 17.1. The van der Waals surface area contributed by atoms with Crippen LogP contribution in [0.25, 0.3) is 11.1 Å². The molecule has 2 amide bonds. The number of halogens is 1. The molecule has 0 aromatic carbocycles. The molecule has 1 atom stereocenters. The van der Waals surface area contributed by atoms with E-state index in [0.29, 0.717) is 41.6 Å². The van der Waals surface area contributed by atoms with Gasteiger partial charge in [0, 0.05) is 28.8 Å². The molecule has 0 bridgehead atoms. The number of hydrogen-bond acceptors (Lipinski definition) is 6. The van der Waals surface area contributed by atoms with Gasteiger partial charge in [0.1, 0.15) is 17.6 Å². The molecule has 3 N–H and O–H groups in total. The van der Waals surface area contributed by atoms with Crippen LogP contribution in [0.1, 0.15) is 93.0 Å². The van der Waals surface area contributed by atoms with Crippen LogP contribution < -0.4 is 10.6 Å². The number of amides is 2. The second kappa shape index (κ2) is 15.2. The second-order valence-corrected chi connectivity index (χ2v) is 13.3. The Morgan fingerprint density at radius 1 is 1.07 bits per heavy atom. The highest BCUT2D eigenvalue weighted by molar-refractivity contribution is 7.98. The molecule has 3 heterocycles. The molecule has 44 heavy (non-hydrogen) atoms. The molecule has 2 aliphatic rings. The Balaban J connectivity index is 1.45. The van der Waals surface area contributed by atoms with Crippen LogP contribution in [-0.4, -0.2) is 54.8 Å². The van der Waals surface area contributed by atoms with E-state index >= 15 is 4.39 Å². The van der Waals surface area contributed by atoms with Crippen molar-refractivity contribution < 1.29 is 14.0 Å². The molecule has 0 radical (unpaired) electrons. The largest absolute Gasteiger partial charge is 0.339 e. The fraction of sp³-hybridized carbons (Fsp3) is 0.606. The Morgan fingerprint density at radius 3 is 2.36 bits per heavy atom. The maximum absolute atomic E-state index is 15.5. The van der Waals surface area contributed by atoms with Crippen LogP contribution in [0.2, 0.25) is 0 Å². The average Bonchev–Trinajstić information content (AvgIpc) is 3.67. The van der Waals surface area contributed by atoms with Crippen LogP contribution in [0, 0.1) is 30.6 Å². The summed E-state index contributed by atoms with van der Waals surface area (Å²) in [6.45, 7) is 4.43. The molecule has 2 saturated carbocycles. The van der Waals surface area contributed by atoms with Gasteiger partial charge in [-0.1, -0.05) is 71.1 Å². The standard InChI is InChI=1S/C33H46FN7O2S/c1-4-25-28(21(2)39-40-25)24-15-16-27(36-31(24)34)37-33(43)30(38-32(42)26-17-18-35-41(26)19-20-44-3)29(22-11-7-5-8-12-22)23-13-9-6-10-14-23/h15-18,22-23,29-30H,4-14,19-20H2,1-3H3,(H,38,42)(H,39,40)(H,36,37,43)/t30-/m0/s1. The van der Waals surface area contributed by atoms with Crippen LogP contribution in [0.5, 0.6) is 0 Å². The highest BCUT2D eigenvalue weighted by Gasteiger charge is 2.41. The topological polar surface area (TPSA) is 118 Å². The van der Waals surface area contributed by atoms with Crippen molar-refractivity contribution >= 4 is 29.4 Å². The molecule has 9 nitrogen and oxygen atoms in total. The van der Waals surface area contributed by atoms with Gasteiger partial charge in [0.25, 0.3) is 5.91 Å². The fourth-order valence-electron chi connectivity index (χ4n) is 7.39. The monoisotopic (exact) mass is 623 g/mol. The van der Waals surface area contributed by atoms with Gasteiger partial charge in [-0.15, -0.1) is 0 Å². The minimum Gasteiger partial charge on any atom is -0.339 e. The Kier molecular flexibility index (Phi) is 11.1. The summed E-state index contributed by atoms with van der Waals surface area (Å²) in [4.78, 5) is 32.2. The van der Waals surface area contributed by atoms with Crippen LogP contribution in [0.4, 0.5) is 10.2 Å². The molecular formula is C33H46FN7O2S. The zero-order valence-electron chi connectivity index (χ0n) is 26.2. The van der Waals surface area contributed by atoms with E-state index in [-0.39, 0.29) is 23.6 Å². The zero-order valence-corrected chi connectivity index (χ0v) is 27.0. The Hall–Kier alpha value is -3.21. The van der Waals surface area contributed by atoms with E-state index in [2.05, 4.69) is 30.9 Å². The van der Waals surface area contributed by atoms with Gasteiger partial charge in [-0.3, -0.25) is 19.4 Å². The van der Waals surface area contributed by atoms with E-state index in [4.69, 9.17) is 0 Å². The van der Waals surface area contributed by atoms with E-state index in [0.717, 1.165) is 68.5 Å². The molecule has 0 spiro atoms. The summed E-state index contributed by atoms with van der Waals surface area (Å²) in [6.07, 6.45) is 15.5. The number of rotatable bonds is 12. The summed E-state index contributed by atoms with van der Waals surface area (Å²) < 4.78 is 17.2. The third-order valence-corrected chi connectivity index (χ3v) is 10.1. The highest BCUT2D eigenvalue weighted by atomic mass is 32.2. The second-order valence-electron chi connectivity index (χ2n) is 12.3. The number of nitrogens with one attached hydrogen (secondary N) is 3. The number of hydrogen-bond donors (Lipinski definition) is 3. The SMILES string of the molecule is CCc1n[nH]c(C)c1-c1ccc(NC(=O)[C@@H](NC(=O)c2ccnn2CCSC)C(C2CCCCC2)C2CCCCC2)nc1F. The predicted octanol–water partition coefficient (Wildman–Crippen LogP) is 6.56. The van der Waals surface area contributed by atoms with E-state index in [1.807, 2.05) is 20.1 Å². The molecule has 0 aliphatic heterocycles. The molecule has 0 unspecified atom stereocenters. The number of carbonyl (C=O) groups excluding carboxylic acids is 2. The summed E-state index contributed by atoms with van der Waals surface area (Å²) in [5.74, 6) is 0.305. The van der Waals surface area contributed by atoms with Gasteiger partial charge in [0.2, 0.25) is 11.9 Å². The van der Waals surface area contributed by atoms with Gasteiger partial charge in [0.15, 0.2) is 0 Å². The number of aryl methyl sites for hydroxylation is 3. The number of nitrogens with zero attached hydrogens (tertiary/aromatic N) is 4. The van der Waals surface area contributed by atoms with E-state index in [1.54, 1.807) is 40.8 Å². The zero-order chi connectivity index (χ0) is 31.1. The molecule has 2 fully saturated rings. The van der Waals surface area contributed by atoms with Crippen molar-refractivity contribution in [3.8, 4) is 11.1 Å². The van der Waals surface area contributed by atoms with Crippen molar-refractivity contribution in [2.75, 3.05) is 17.3 Å². The van der Waals surface area contributed by atoms with Crippen LogP contribution in [-0.2, 0) is 17.8 Å². The third kappa shape index (κ3) is 7.35. The van der Waals surface area contributed by atoms with Gasteiger partial charge in [-0.05, 0) is 55.6 Å². The van der Waals surface area contributed by atoms with Gasteiger partial charge in [0.05, 0.1) is 12.2 Å².